The second-order valence-electron chi connectivity index (χ2n) is 5.07. The fourth-order valence-electron chi connectivity index (χ4n) is 2.04. The van der Waals surface area contributed by atoms with E-state index < -0.39 is 0 Å². The van der Waals surface area contributed by atoms with E-state index in [2.05, 4.69) is 10.6 Å². The minimum Gasteiger partial charge on any atom is -0.352 e. The Kier molecular flexibility index (Phi) is 6.15. The van der Waals surface area contributed by atoms with Gasteiger partial charge in [0, 0.05) is 30.5 Å². The van der Waals surface area contributed by atoms with Crippen molar-refractivity contribution < 1.29 is 9.59 Å². The summed E-state index contributed by atoms with van der Waals surface area (Å²) >= 11 is 1.49. The minimum atomic E-state index is -0.0819. The Labute approximate surface area is 134 Å². The number of aryl methyl sites for hydroxylation is 1. The van der Waals surface area contributed by atoms with E-state index in [0.29, 0.717) is 31.5 Å². The fraction of sp³-hybridized carbons (Fsp3) is 0.294. The van der Waals surface area contributed by atoms with Crippen molar-refractivity contribution in [2.45, 2.75) is 26.3 Å². The number of carbonyl (C=O) groups excluding carboxylic acids is 2. The first-order valence-corrected chi connectivity index (χ1v) is 8.22. The highest BCUT2D eigenvalue weighted by Gasteiger charge is 2.06. The van der Waals surface area contributed by atoms with Crippen LogP contribution in [0.3, 0.4) is 0 Å². The Morgan fingerprint density at radius 1 is 1.14 bits per heavy atom. The molecule has 0 saturated heterocycles. The molecule has 1 aromatic heterocycles. The first-order valence-electron chi connectivity index (χ1n) is 7.28. The number of amides is 2. The van der Waals surface area contributed by atoms with Crippen molar-refractivity contribution in [1.29, 1.82) is 0 Å². The zero-order valence-electron chi connectivity index (χ0n) is 12.6. The number of hydrogen-bond acceptors (Lipinski definition) is 3. The molecular weight excluding hydrogens is 296 g/mol. The molecule has 0 spiro atoms. The molecule has 0 aliphatic carbocycles. The lowest BCUT2D eigenvalue weighted by atomic mass is 10.1. The van der Waals surface area contributed by atoms with Crippen LogP contribution in [0.2, 0.25) is 0 Å². The molecule has 5 heteroatoms. The number of nitrogens with one attached hydrogen (secondary N) is 2. The molecule has 4 nitrogen and oxygen atoms in total. The second-order valence-corrected chi connectivity index (χ2v) is 5.85. The summed E-state index contributed by atoms with van der Waals surface area (Å²) in [5, 5.41) is 9.40. The highest BCUT2D eigenvalue weighted by Crippen LogP contribution is 2.07. The topological polar surface area (TPSA) is 58.2 Å². The predicted molar refractivity (Wildman–Crippen MR) is 88.9 cm³/mol. The first kappa shape index (κ1) is 16.2. The van der Waals surface area contributed by atoms with E-state index in [0.717, 1.165) is 5.56 Å². The van der Waals surface area contributed by atoms with Gasteiger partial charge in [-0.2, -0.15) is 11.3 Å². The van der Waals surface area contributed by atoms with Crippen molar-refractivity contribution in [3.8, 4) is 0 Å². The Morgan fingerprint density at radius 2 is 1.95 bits per heavy atom. The van der Waals surface area contributed by atoms with E-state index in [1.165, 1.54) is 16.9 Å². The molecule has 0 aliphatic rings. The van der Waals surface area contributed by atoms with Crippen LogP contribution in [0, 0.1) is 6.92 Å². The van der Waals surface area contributed by atoms with E-state index in [9.17, 15) is 9.59 Å². The van der Waals surface area contributed by atoms with Gasteiger partial charge in [0.05, 0.1) is 0 Å². The van der Waals surface area contributed by atoms with Gasteiger partial charge in [-0.05, 0) is 35.9 Å². The van der Waals surface area contributed by atoms with Crippen molar-refractivity contribution in [3.63, 3.8) is 0 Å². The summed E-state index contributed by atoms with van der Waals surface area (Å²) in [6.45, 7) is 3.08. The van der Waals surface area contributed by atoms with E-state index in [4.69, 9.17) is 0 Å². The Hall–Kier alpha value is -2.14. The summed E-state index contributed by atoms with van der Waals surface area (Å²) in [5.74, 6) is -0.0744. The zero-order valence-corrected chi connectivity index (χ0v) is 13.4. The highest BCUT2D eigenvalue weighted by molar-refractivity contribution is 7.08. The van der Waals surface area contributed by atoms with Gasteiger partial charge in [-0.3, -0.25) is 9.59 Å². The smallest absolute Gasteiger partial charge is 0.252 e. The van der Waals surface area contributed by atoms with Crippen LogP contribution in [-0.2, 0) is 11.3 Å². The molecule has 0 aliphatic heterocycles. The molecule has 2 aromatic rings. The maximum Gasteiger partial charge on any atom is 0.252 e. The lowest BCUT2D eigenvalue weighted by molar-refractivity contribution is -0.121. The molecule has 0 bridgehead atoms. The average Bonchev–Trinajstić information content (AvgIpc) is 3.05. The van der Waals surface area contributed by atoms with Crippen molar-refractivity contribution in [2.75, 3.05) is 6.54 Å². The summed E-state index contributed by atoms with van der Waals surface area (Å²) in [6.07, 6.45) is 1.05. The number of carbonyl (C=O) groups is 2. The van der Waals surface area contributed by atoms with Crippen LogP contribution in [0.1, 0.15) is 34.3 Å². The molecule has 0 atom stereocenters. The van der Waals surface area contributed by atoms with Gasteiger partial charge < -0.3 is 10.6 Å². The van der Waals surface area contributed by atoms with Gasteiger partial charge >= 0.3 is 0 Å². The molecule has 0 unspecified atom stereocenters. The van der Waals surface area contributed by atoms with E-state index in [-0.39, 0.29) is 11.8 Å². The second kappa shape index (κ2) is 8.34. The van der Waals surface area contributed by atoms with Crippen LogP contribution in [0.15, 0.2) is 41.1 Å². The van der Waals surface area contributed by atoms with Crippen molar-refractivity contribution in [1.82, 2.24) is 10.6 Å². The summed E-state index contributed by atoms with van der Waals surface area (Å²) < 4.78 is 0. The third kappa shape index (κ3) is 5.00. The van der Waals surface area contributed by atoms with E-state index >= 15 is 0 Å². The Morgan fingerprint density at radius 3 is 2.68 bits per heavy atom. The highest BCUT2D eigenvalue weighted by atomic mass is 32.1. The third-order valence-electron chi connectivity index (χ3n) is 3.39. The molecule has 2 rings (SSSR count). The molecule has 22 heavy (non-hydrogen) atoms. The van der Waals surface area contributed by atoms with Gasteiger partial charge in [-0.25, -0.2) is 0 Å². The van der Waals surface area contributed by atoms with Crippen LogP contribution < -0.4 is 10.6 Å². The Balaban J connectivity index is 1.62. The van der Waals surface area contributed by atoms with Gasteiger partial charge in [0.15, 0.2) is 0 Å². The number of hydrogen-bond donors (Lipinski definition) is 2. The SMILES string of the molecule is Cc1ccccc1CNC(=O)CCCNC(=O)c1ccsc1. The standard InChI is InChI=1S/C17H20N2O2S/c1-13-5-2-3-6-14(13)11-19-16(20)7-4-9-18-17(21)15-8-10-22-12-15/h2-3,5-6,8,10,12H,4,7,9,11H2,1H3,(H,18,21)(H,19,20). The predicted octanol–water partition coefficient (Wildman–Crippen LogP) is 2.88. The molecule has 0 saturated carbocycles. The molecule has 1 aromatic carbocycles. The zero-order chi connectivity index (χ0) is 15.8. The minimum absolute atomic E-state index is 0.00744. The van der Waals surface area contributed by atoms with Gasteiger partial charge in [0.1, 0.15) is 0 Å². The van der Waals surface area contributed by atoms with Crippen LogP contribution >= 0.6 is 11.3 Å². The first-order chi connectivity index (χ1) is 10.7. The quantitative estimate of drug-likeness (QED) is 0.772. The van der Waals surface area contributed by atoms with Crippen LogP contribution in [-0.4, -0.2) is 18.4 Å². The van der Waals surface area contributed by atoms with Gasteiger partial charge in [-0.15, -0.1) is 0 Å². The maximum atomic E-state index is 11.8. The monoisotopic (exact) mass is 316 g/mol. The van der Waals surface area contributed by atoms with Crippen LogP contribution in [0.4, 0.5) is 0 Å². The van der Waals surface area contributed by atoms with Crippen molar-refractivity contribution in [3.05, 3.63) is 57.8 Å². The fourth-order valence-corrected chi connectivity index (χ4v) is 2.67. The maximum absolute atomic E-state index is 11.8. The van der Waals surface area contributed by atoms with Crippen LogP contribution in [0.25, 0.3) is 0 Å². The summed E-state index contributed by atoms with van der Waals surface area (Å²) in [4.78, 5) is 23.5. The molecule has 2 amide bonds. The van der Waals surface area contributed by atoms with Gasteiger partial charge in [0.2, 0.25) is 5.91 Å². The van der Waals surface area contributed by atoms with Crippen molar-refractivity contribution in [2.24, 2.45) is 0 Å². The number of benzene rings is 1. The van der Waals surface area contributed by atoms with Gasteiger partial charge in [0.25, 0.3) is 5.91 Å². The van der Waals surface area contributed by atoms with Crippen molar-refractivity contribution >= 4 is 23.2 Å². The lowest BCUT2D eigenvalue weighted by Gasteiger charge is -2.08. The molecule has 0 radical (unpaired) electrons. The molecule has 1 heterocycles. The number of rotatable bonds is 7. The number of thiophene rings is 1. The largest absolute Gasteiger partial charge is 0.352 e. The van der Waals surface area contributed by atoms with E-state index in [1.54, 1.807) is 6.07 Å². The molecule has 116 valence electrons. The normalized spacial score (nSPS) is 10.2. The van der Waals surface area contributed by atoms with Crippen LogP contribution in [0.5, 0.6) is 0 Å². The third-order valence-corrected chi connectivity index (χ3v) is 4.07. The van der Waals surface area contributed by atoms with Gasteiger partial charge in [-0.1, -0.05) is 24.3 Å². The average molecular weight is 316 g/mol. The molecule has 0 fully saturated rings. The molecular formula is C17H20N2O2S. The van der Waals surface area contributed by atoms with E-state index in [1.807, 2.05) is 41.9 Å². The Bertz CT molecular complexity index is 623. The summed E-state index contributed by atoms with van der Waals surface area (Å²) in [7, 11) is 0. The summed E-state index contributed by atoms with van der Waals surface area (Å²) in [6, 6.07) is 9.78. The molecule has 2 N–H and O–H groups in total. The summed E-state index contributed by atoms with van der Waals surface area (Å²) in [5.41, 5.74) is 2.97. The lowest BCUT2D eigenvalue weighted by Crippen LogP contribution is -2.27.